The van der Waals surface area contributed by atoms with Gasteiger partial charge in [0.05, 0.1) is 24.9 Å². The molecule has 4 heterocycles. The highest BCUT2D eigenvalue weighted by molar-refractivity contribution is 5.96. The van der Waals surface area contributed by atoms with Gasteiger partial charge in [-0.1, -0.05) is 12.1 Å². The van der Waals surface area contributed by atoms with Gasteiger partial charge in [0.2, 0.25) is 5.95 Å². The normalized spacial score (nSPS) is 13.5. The van der Waals surface area contributed by atoms with Crippen molar-refractivity contribution < 1.29 is 4.74 Å². The van der Waals surface area contributed by atoms with Crippen LogP contribution in [0.1, 0.15) is 18.9 Å². The lowest BCUT2D eigenvalue weighted by molar-refractivity contribution is 0.419. The SMILES string of the molecule is COc1cccc2c1nc(Nc1ccccnc1=O)n1nc(-c3cnn(C4CC4)c3)nc21. The molecule has 0 atom stereocenters. The fourth-order valence-electron chi connectivity index (χ4n) is 3.63. The second kappa shape index (κ2) is 7.12. The molecule has 0 spiro atoms. The van der Waals surface area contributed by atoms with Gasteiger partial charge < -0.3 is 10.1 Å². The van der Waals surface area contributed by atoms with Gasteiger partial charge in [0, 0.05) is 17.8 Å². The molecule has 6 rings (SSSR count). The lowest BCUT2D eigenvalue weighted by atomic mass is 10.2. The molecule has 1 aliphatic rings. The number of nitrogens with one attached hydrogen (secondary N) is 1. The summed E-state index contributed by atoms with van der Waals surface area (Å²) in [5.41, 5.74) is 1.89. The van der Waals surface area contributed by atoms with Crippen molar-refractivity contribution in [3.8, 4) is 17.1 Å². The third-order valence-corrected chi connectivity index (χ3v) is 5.39. The summed E-state index contributed by atoms with van der Waals surface area (Å²) in [5.74, 6) is 1.45. The Bertz CT molecular complexity index is 1540. The van der Waals surface area contributed by atoms with Gasteiger partial charge in [-0.2, -0.15) is 9.61 Å². The molecule has 10 heteroatoms. The highest BCUT2D eigenvalue weighted by Crippen LogP contribution is 2.35. The van der Waals surface area contributed by atoms with Crippen LogP contribution >= 0.6 is 0 Å². The van der Waals surface area contributed by atoms with Crippen LogP contribution in [0.15, 0.2) is 59.8 Å². The summed E-state index contributed by atoms with van der Waals surface area (Å²) in [7, 11) is 1.59. The molecule has 1 N–H and O–H groups in total. The van der Waals surface area contributed by atoms with Crippen molar-refractivity contribution >= 4 is 28.2 Å². The predicted octanol–water partition coefficient (Wildman–Crippen LogP) is 2.98. The highest BCUT2D eigenvalue weighted by atomic mass is 16.5. The summed E-state index contributed by atoms with van der Waals surface area (Å²) >= 11 is 0. The summed E-state index contributed by atoms with van der Waals surface area (Å²) in [4.78, 5) is 25.7. The van der Waals surface area contributed by atoms with E-state index in [1.54, 1.807) is 36.0 Å². The standard InChI is InChI=1S/C22H18N8O2/c1-32-17-7-4-5-15-18(17)26-22(25-16-6-2-3-10-23-21(16)31)30-20(15)27-19(28-30)13-11-24-29(12-13)14-8-9-14/h2-7,10-12,14H,8-9H2,1H3,(H,23,25,26,31). The number of benzene rings is 1. The summed E-state index contributed by atoms with van der Waals surface area (Å²) in [5, 5.41) is 13.0. The van der Waals surface area contributed by atoms with E-state index in [4.69, 9.17) is 14.7 Å². The van der Waals surface area contributed by atoms with Gasteiger partial charge >= 0.3 is 0 Å². The molecule has 1 aliphatic carbocycles. The quantitative estimate of drug-likeness (QED) is 0.456. The molecule has 4 aromatic heterocycles. The van der Waals surface area contributed by atoms with Gasteiger partial charge in [-0.25, -0.2) is 15.0 Å². The average molecular weight is 426 g/mol. The number of nitrogens with zero attached hydrogens (tertiary/aromatic N) is 7. The summed E-state index contributed by atoms with van der Waals surface area (Å²) in [6.07, 6.45) is 7.47. The molecular formula is C22H18N8O2. The Labute approximate surface area is 181 Å². The molecule has 32 heavy (non-hydrogen) atoms. The van der Waals surface area contributed by atoms with Crippen LogP contribution in [0.5, 0.6) is 5.75 Å². The largest absolute Gasteiger partial charge is 0.494 e. The minimum atomic E-state index is -0.406. The molecule has 0 unspecified atom stereocenters. The molecule has 158 valence electrons. The van der Waals surface area contributed by atoms with Crippen LogP contribution < -0.4 is 15.6 Å². The Morgan fingerprint density at radius 3 is 2.88 bits per heavy atom. The zero-order valence-electron chi connectivity index (χ0n) is 17.1. The fourth-order valence-corrected chi connectivity index (χ4v) is 3.63. The number of fused-ring (bicyclic) bond motifs is 3. The second-order valence-corrected chi connectivity index (χ2v) is 7.58. The Morgan fingerprint density at radius 2 is 2.03 bits per heavy atom. The van der Waals surface area contributed by atoms with Crippen molar-refractivity contribution in [3.63, 3.8) is 0 Å². The molecule has 1 fully saturated rings. The maximum Gasteiger partial charge on any atom is 0.293 e. The van der Waals surface area contributed by atoms with E-state index in [0.717, 1.165) is 23.8 Å². The number of rotatable bonds is 5. The molecule has 1 aromatic carbocycles. The number of methoxy groups -OCH3 is 1. The molecule has 1 saturated carbocycles. The van der Waals surface area contributed by atoms with E-state index < -0.39 is 5.56 Å². The van der Waals surface area contributed by atoms with Crippen molar-refractivity contribution in [2.24, 2.45) is 0 Å². The minimum Gasteiger partial charge on any atom is -0.494 e. The second-order valence-electron chi connectivity index (χ2n) is 7.58. The van der Waals surface area contributed by atoms with Crippen LogP contribution in [-0.4, -0.2) is 41.5 Å². The van der Waals surface area contributed by atoms with Crippen molar-refractivity contribution in [1.29, 1.82) is 0 Å². The van der Waals surface area contributed by atoms with Gasteiger partial charge in [-0.15, -0.1) is 5.10 Å². The summed E-state index contributed by atoms with van der Waals surface area (Å²) in [6, 6.07) is 11.2. The first-order valence-corrected chi connectivity index (χ1v) is 10.2. The van der Waals surface area contributed by atoms with E-state index in [9.17, 15) is 4.79 Å². The van der Waals surface area contributed by atoms with Crippen LogP contribution in [0.2, 0.25) is 0 Å². The molecule has 5 aromatic rings. The topological polar surface area (TPSA) is 112 Å². The van der Waals surface area contributed by atoms with E-state index in [0.29, 0.717) is 34.7 Å². The van der Waals surface area contributed by atoms with Crippen LogP contribution in [-0.2, 0) is 0 Å². The first-order valence-electron chi connectivity index (χ1n) is 10.2. The van der Waals surface area contributed by atoms with E-state index in [1.165, 1.54) is 6.20 Å². The lowest BCUT2D eigenvalue weighted by Gasteiger charge is -2.09. The first-order chi connectivity index (χ1) is 15.7. The van der Waals surface area contributed by atoms with E-state index in [-0.39, 0.29) is 5.69 Å². The van der Waals surface area contributed by atoms with Gasteiger partial charge in [0.1, 0.15) is 17.0 Å². The number of aromatic nitrogens is 7. The van der Waals surface area contributed by atoms with Crippen molar-refractivity contribution in [2.45, 2.75) is 18.9 Å². The Morgan fingerprint density at radius 1 is 1.12 bits per heavy atom. The Balaban J connectivity index is 1.58. The third kappa shape index (κ3) is 3.04. The fraction of sp³-hybridized carbons (Fsp3) is 0.182. The van der Waals surface area contributed by atoms with Crippen molar-refractivity contribution in [1.82, 2.24) is 34.3 Å². The van der Waals surface area contributed by atoms with Gasteiger partial charge in [0.15, 0.2) is 11.5 Å². The molecule has 0 bridgehead atoms. The number of ether oxygens (including phenoxy) is 1. The molecule has 0 radical (unpaired) electrons. The zero-order chi connectivity index (χ0) is 21.7. The predicted molar refractivity (Wildman–Crippen MR) is 118 cm³/mol. The van der Waals surface area contributed by atoms with Gasteiger partial charge in [0.25, 0.3) is 5.56 Å². The Hall–Kier alpha value is -4.34. The third-order valence-electron chi connectivity index (χ3n) is 5.39. The van der Waals surface area contributed by atoms with E-state index in [2.05, 4.69) is 20.5 Å². The van der Waals surface area contributed by atoms with Crippen LogP contribution in [0.3, 0.4) is 0 Å². The minimum absolute atomic E-state index is 0.275. The maximum absolute atomic E-state index is 12.4. The molecule has 0 amide bonds. The molecule has 10 nitrogen and oxygen atoms in total. The average Bonchev–Trinajstić information content (AvgIpc) is 3.42. The van der Waals surface area contributed by atoms with Crippen molar-refractivity contribution in [3.05, 3.63) is 65.3 Å². The summed E-state index contributed by atoms with van der Waals surface area (Å²) < 4.78 is 9.07. The Kier molecular flexibility index (Phi) is 4.10. The first kappa shape index (κ1) is 18.4. The highest BCUT2D eigenvalue weighted by Gasteiger charge is 2.25. The molecular weight excluding hydrogens is 408 g/mol. The maximum atomic E-state index is 12.4. The number of hydrogen-bond acceptors (Lipinski definition) is 8. The van der Waals surface area contributed by atoms with Crippen molar-refractivity contribution in [2.75, 3.05) is 12.4 Å². The lowest BCUT2D eigenvalue weighted by Crippen LogP contribution is -2.11. The van der Waals surface area contributed by atoms with Gasteiger partial charge in [-0.3, -0.25) is 9.48 Å². The number of hydrogen-bond donors (Lipinski definition) is 1. The van der Waals surface area contributed by atoms with Crippen LogP contribution in [0.25, 0.3) is 27.9 Å². The van der Waals surface area contributed by atoms with Crippen LogP contribution in [0, 0.1) is 0 Å². The van der Waals surface area contributed by atoms with Crippen LogP contribution in [0.4, 0.5) is 11.6 Å². The molecule has 0 aliphatic heterocycles. The van der Waals surface area contributed by atoms with Gasteiger partial charge in [-0.05, 0) is 37.1 Å². The smallest absolute Gasteiger partial charge is 0.293 e. The van der Waals surface area contributed by atoms with E-state index >= 15 is 0 Å². The monoisotopic (exact) mass is 426 g/mol. The number of anilines is 2. The van der Waals surface area contributed by atoms with E-state index in [1.807, 2.05) is 29.1 Å². The number of para-hydroxylation sites is 1. The summed E-state index contributed by atoms with van der Waals surface area (Å²) in [6.45, 7) is 0. The zero-order valence-corrected chi connectivity index (χ0v) is 17.1. The molecule has 0 saturated heterocycles.